The molecule has 0 bridgehead atoms. The molecule has 3 aromatic carbocycles. The summed E-state index contributed by atoms with van der Waals surface area (Å²) in [6.45, 7) is 8.38. The van der Waals surface area contributed by atoms with Crippen LogP contribution in [-0.2, 0) is 6.61 Å². The zero-order valence-electron chi connectivity index (χ0n) is 16.8. The van der Waals surface area contributed by atoms with Crippen molar-refractivity contribution < 1.29 is 9.84 Å². The van der Waals surface area contributed by atoms with Crippen molar-refractivity contribution in [2.45, 2.75) is 33.3 Å². The van der Waals surface area contributed by atoms with Gasteiger partial charge in [0, 0.05) is 41.9 Å². The third kappa shape index (κ3) is 3.06. The highest BCUT2D eigenvalue weighted by molar-refractivity contribution is 5.65. The highest BCUT2D eigenvalue weighted by Gasteiger charge is 2.31. The van der Waals surface area contributed by atoms with Gasteiger partial charge in [-0.25, -0.2) is 0 Å². The minimum Gasteiger partial charge on any atom is -0.456 e. The predicted octanol–water partition coefficient (Wildman–Crippen LogP) is 5.62. The second-order valence-electron chi connectivity index (χ2n) is 7.28. The maximum Gasteiger partial charge on any atom is 0.134 e. The lowest BCUT2D eigenvalue weighted by molar-refractivity contribution is 0.280. The van der Waals surface area contributed by atoms with E-state index in [0.29, 0.717) is 0 Å². The number of ether oxygens (including phenoxy) is 1. The minimum absolute atomic E-state index is 0.0293. The fraction of sp³-hybridized carbons (Fsp3) is 0.280. The molecular weight excluding hydrogens is 346 g/mol. The third-order valence-electron chi connectivity index (χ3n) is 5.74. The van der Waals surface area contributed by atoms with Gasteiger partial charge >= 0.3 is 0 Å². The average Bonchev–Trinajstić information content (AvgIpc) is 2.73. The number of para-hydroxylation sites is 1. The second-order valence-corrected chi connectivity index (χ2v) is 7.28. The van der Waals surface area contributed by atoms with Gasteiger partial charge in [-0.05, 0) is 43.5 Å². The van der Waals surface area contributed by atoms with Crippen LogP contribution in [0.1, 0.15) is 47.6 Å². The van der Waals surface area contributed by atoms with Crippen LogP contribution in [0.5, 0.6) is 11.5 Å². The summed E-state index contributed by atoms with van der Waals surface area (Å²) in [7, 11) is 0. The first kappa shape index (κ1) is 18.6. The van der Waals surface area contributed by atoms with Gasteiger partial charge in [0.1, 0.15) is 11.5 Å². The molecule has 0 saturated heterocycles. The van der Waals surface area contributed by atoms with Crippen LogP contribution in [0.25, 0.3) is 0 Å². The molecule has 3 heteroatoms. The van der Waals surface area contributed by atoms with Crippen molar-refractivity contribution in [1.29, 1.82) is 0 Å². The lowest BCUT2D eigenvalue weighted by atomic mass is 9.80. The van der Waals surface area contributed by atoms with Crippen LogP contribution in [0.15, 0.2) is 60.7 Å². The van der Waals surface area contributed by atoms with Crippen molar-refractivity contribution in [3.63, 3.8) is 0 Å². The molecule has 0 fully saturated rings. The smallest absolute Gasteiger partial charge is 0.134 e. The van der Waals surface area contributed by atoms with Crippen LogP contribution in [0.2, 0.25) is 0 Å². The summed E-state index contributed by atoms with van der Waals surface area (Å²) in [6.07, 6.45) is 0. The topological polar surface area (TPSA) is 32.7 Å². The summed E-state index contributed by atoms with van der Waals surface area (Å²) >= 11 is 0. The number of rotatable bonds is 5. The van der Waals surface area contributed by atoms with E-state index < -0.39 is 0 Å². The quantitative estimate of drug-likeness (QED) is 0.493. The first-order valence-electron chi connectivity index (χ1n) is 10.0. The van der Waals surface area contributed by atoms with Gasteiger partial charge in [-0.15, -0.1) is 0 Å². The first-order chi connectivity index (χ1) is 13.7. The van der Waals surface area contributed by atoms with Gasteiger partial charge < -0.3 is 14.7 Å². The molecule has 0 amide bonds. The van der Waals surface area contributed by atoms with E-state index in [4.69, 9.17) is 4.74 Å². The number of benzene rings is 3. The highest BCUT2D eigenvalue weighted by Crippen LogP contribution is 2.49. The Hall–Kier alpha value is -2.78. The zero-order valence-corrected chi connectivity index (χ0v) is 16.8. The number of aliphatic hydroxyl groups is 1. The van der Waals surface area contributed by atoms with Crippen molar-refractivity contribution in [2.24, 2.45) is 0 Å². The van der Waals surface area contributed by atoms with Gasteiger partial charge in [0.2, 0.25) is 0 Å². The number of aliphatic hydroxyl groups excluding tert-OH is 1. The largest absolute Gasteiger partial charge is 0.456 e. The molecule has 1 N–H and O–H groups in total. The summed E-state index contributed by atoms with van der Waals surface area (Å²) in [5.74, 6) is 1.89. The van der Waals surface area contributed by atoms with Gasteiger partial charge in [-0.1, -0.05) is 48.5 Å². The fourth-order valence-electron chi connectivity index (χ4n) is 4.25. The Morgan fingerprint density at radius 3 is 2.39 bits per heavy atom. The van der Waals surface area contributed by atoms with E-state index >= 15 is 0 Å². The molecule has 144 valence electrons. The van der Waals surface area contributed by atoms with Gasteiger partial charge in [-0.3, -0.25) is 0 Å². The van der Waals surface area contributed by atoms with E-state index in [2.05, 4.69) is 68.1 Å². The SMILES string of the molecule is CCN(CC)c1ccc2c(c1)Oc1c(C)cccc1C2c1ccccc1CO. The van der Waals surface area contributed by atoms with Gasteiger partial charge in [-0.2, -0.15) is 0 Å². The van der Waals surface area contributed by atoms with Crippen LogP contribution in [-0.4, -0.2) is 18.2 Å². The van der Waals surface area contributed by atoms with E-state index in [9.17, 15) is 5.11 Å². The molecule has 1 unspecified atom stereocenters. The standard InChI is InChI=1S/C25H27NO2/c1-4-26(5-2)19-13-14-21-23(15-19)28-25-17(3)9-8-12-22(25)24(21)20-11-7-6-10-18(20)16-27/h6-15,24,27H,4-5,16H2,1-3H3. The molecule has 3 aromatic rings. The Kier molecular flexibility index (Phi) is 5.10. The Bertz CT molecular complexity index is 992. The van der Waals surface area contributed by atoms with Crippen molar-refractivity contribution in [1.82, 2.24) is 0 Å². The number of hydrogen-bond donors (Lipinski definition) is 1. The van der Waals surface area contributed by atoms with E-state index in [1.165, 1.54) is 5.69 Å². The van der Waals surface area contributed by atoms with Crippen molar-refractivity contribution in [3.05, 3.63) is 88.5 Å². The average molecular weight is 373 g/mol. The summed E-state index contributed by atoms with van der Waals surface area (Å²) in [5.41, 5.74) is 6.70. The maximum absolute atomic E-state index is 9.94. The molecule has 1 aliphatic heterocycles. The van der Waals surface area contributed by atoms with Crippen LogP contribution < -0.4 is 9.64 Å². The lowest BCUT2D eigenvalue weighted by Crippen LogP contribution is -2.22. The summed E-state index contributed by atoms with van der Waals surface area (Å²) < 4.78 is 6.42. The van der Waals surface area contributed by atoms with Gasteiger partial charge in [0.25, 0.3) is 0 Å². The van der Waals surface area contributed by atoms with Crippen LogP contribution in [0.4, 0.5) is 5.69 Å². The van der Waals surface area contributed by atoms with E-state index in [1.54, 1.807) is 0 Å². The Balaban J connectivity index is 1.93. The molecule has 0 spiro atoms. The number of hydrogen-bond acceptors (Lipinski definition) is 3. The molecule has 1 atom stereocenters. The first-order valence-corrected chi connectivity index (χ1v) is 10.0. The number of fused-ring (bicyclic) bond motifs is 2. The zero-order chi connectivity index (χ0) is 19.7. The molecule has 28 heavy (non-hydrogen) atoms. The lowest BCUT2D eigenvalue weighted by Gasteiger charge is -2.32. The molecule has 0 aliphatic carbocycles. The predicted molar refractivity (Wildman–Crippen MR) is 115 cm³/mol. The molecule has 3 nitrogen and oxygen atoms in total. The van der Waals surface area contributed by atoms with E-state index in [-0.39, 0.29) is 12.5 Å². The summed E-state index contributed by atoms with van der Waals surface area (Å²) in [5, 5.41) is 9.94. The molecule has 1 heterocycles. The second kappa shape index (κ2) is 7.69. The summed E-state index contributed by atoms with van der Waals surface area (Å²) in [6, 6.07) is 21.0. The van der Waals surface area contributed by atoms with Crippen LogP contribution in [0, 0.1) is 6.92 Å². The Morgan fingerprint density at radius 2 is 1.64 bits per heavy atom. The van der Waals surface area contributed by atoms with Crippen LogP contribution >= 0.6 is 0 Å². The van der Waals surface area contributed by atoms with Crippen molar-refractivity contribution in [2.75, 3.05) is 18.0 Å². The van der Waals surface area contributed by atoms with Crippen molar-refractivity contribution >= 4 is 5.69 Å². The number of anilines is 1. The molecule has 0 radical (unpaired) electrons. The van der Waals surface area contributed by atoms with Gasteiger partial charge in [0.05, 0.1) is 6.61 Å². The normalized spacial score (nSPS) is 14.8. The monoisotopic (exact) mass is 373 g/mol. The Morgan fingerprint density at radius 1 is 0.893 bits per heavy atom. The molecule has 1 aliphatic rings. The Labute approximate surface area is 167 Å². The third-order valence-corrected chi connectivity index (χ3v) is 5.74. The summed E-state index contributed by atoms with van der Waals surface area (Å²) in [4.78, 5) is 2.33. The van der Waals surface area contributed by atoms with E-state index in [0.717, 1.165) is 52.4 Å². The molecular formula is C25H27NO2. The fourth-order valence-corrected chi connectivity index (χ4v) is 4.25. The highest BCUT2D eigenvalue weighted by atomic mass is 16.5. The van der Waals surface area contributed by atoms with Gasteiger partial charge in [0.15, 0.2) is 0 Å². The van der Waals surface area contributed by atoms with Crippen molar-refractivity contribution in [3.8, 4) is 11.5 Å². The number of nitrogens with zero attached hydrogens (tertiary/aromatic N) is 1. The molecule has 0 saturated carbocycles. The minimum atomic E-state index is 0.0293. The molecule has 4 rings (SSSR count). The molecule has 0 aromatic heterocycles. The van der Waals surface area contributed by atoms with E-state index in [1.807, 2.05) is 18.2 Å². The maximum atomic E-state index is 9.94. The van der Waals surface area contributed by atoms with Crippen LogP contribution in [0.3, 0.4) is 0 Å². The number of aryl methyl sites for hydroxylation is 1.